The monoisotopic (exact) mass is 1180 g/mol. The SMILES string of the molecule is CCCCCCCCCCCCC/C=C/CC/C=C/CCCC(O)C(O)C(COC1OC(CO)C(O)C(O)C1O)NC(=O)C(O)CCCCCCCCCCCCCCCCCCCCCCCCCCCCCCCCCCCCCC. The van der Waals surface area contributed by atoms with E-state index in [1.165, 1.54) is 276 Å². The smallest absolute Gasteiger partial charge is 0.249 e. The van der Waals surface area contributed by atoms with Gasteiger partial charge in [-0.25, -0.2) is 0 Å². The zero-order valence-electron chi connectivity index (χ0n) is 54.5. The maximum atomic E-state index is 13.2. The van der Waals surface area contributed by atoms with Crippen molar-refractivity contribution in [1.82, 2.24) is 5.32 Å². The highest BCUT2D eigenvalue weighted by atomic mass is 16.7. The van der Waals surface area contributed by atoms with Crippen LogP contribution in [-0.2, 0) is 14.3 Å². The third-order valence-electron chi connectivity index (χ3n) is 17.7. The van der Waals surface area contributed by atoms with Gasteiger partial charge in [0.25, 0.3) is 0 Å². The molecule has 0 bridgehead atoms. The first kappa shape index (κ1) is 79.6. The predicted molar refractivity (Wildman–Crippen MR) is 349 cm³/mol. The number of nitrogens with one attached hydrogen (secondary N) is 1. The quantitative estimate of drug-likeness (QED) is 0.0215. The highest BCUT2D eigenvalue weighted by Crippen LogP contribution is 2.24. The molecule has 11 nitrogen and oxygen atoms in total. The maximum absolute atomic E-state index is 13.2. The van der Waals surface area contributed by atoms with Gasteiger partial charge in [0, 0.05) is 0 Å². The molecule has 0 aromatic carbocycles. The molecule has 0 aliphatic carbocycles. The lowest BCUT2D eigenvalue weighted by Crippen LogP contribution is -2.60. The van der Waals surface area contributed by atoms with E-state index < -0.39 is 74.2 Å². The summed E-state index contributed by atoms with van der Waals surface area (Å²) in [5.74, 6) is -0.703. The van der Waals surface area contributed by atoms with Crippen LogP contribution in [0.1, 0.15) is 361 Å². The second kappa shape index (κ2) is 60.9. The number of ether oxygens (including phenoxy) is 2. The van der Waals surface area contributed by atoms with Crippen LogP contribution < -0.4 is 5.32 Å². The first-order chi connectivity index (χ1) is 40.7. The van der Waals surface area contributed by atoms with Gasteiger partial charge in [-0.05, 0) is 51.4 Å². The summed E-state index contributed by atoms with van der Waals surface area (Å²) in [5.41, 5.74) is 0. The van der Waals surface area contributed by atoms with Crippen LogP contribution in [0.25, 0.3) is 0 Å². The van der Waals surface area contributed by atoms with Gasteiger partial charge in [0.1, 0.15) is 36.6 Å². The third kappa shape index (κ3) is 48.2. The minimum absolute atomic E-state index is 0.249. The summed E-state index contributed by atoms with van der Waals surface area (Å²) in [6.07, 6.45) is 65.7. The van der Waals surface area contributed by atoms with Crippen molar-refractivity contribution in [2.75, 3.05) is 13.2 Å². The Morgan fingerprint density at radius 1 is 0.410 bits per heavy atom. The Morgan fingerprint density at radius 2 is 0.723 bits per heavy atom. The molecule has 1 amide bonds. The van der Waals surface area contributed by atoms with E-state index in [1.54, 1.807) is 0 Å². The largest absolute Gasteiger partial charge is 0.394 e. The molecule has 8 N–H and O–H groups in total. The summed E-state index contributed by atoms with van der Waals surface area (Å²) in [5, 5.41) is 76.4. The van der Waals surface area contributed by atoms with E-state index in [0.29, 0.717) is 19.3 Å². The molecule has 9 unspecified atom stereocenters. The van der Waals surface area contributed by atoms with Gasteiger partial charge in [0.15, 0.2) is 6.29 Å². The van der Waals surface area contributed by atoms with Crippen molar-refractivity contribution in [3.63, 3.8) is 0 Å². The van der Waals surface area contributed by atoms with Crippen molar-refractivity contribution >= 4 is 5.91 Å². The number of aliphatic hydroxyl groups is 7. The van der Waals surface area contributed by atoms with Gasteiger partial charge in [0.05, 0.1) is 25.4 Å². The fraction of sp³-hybridized carbons (Fsp3) is 0.931. The number of hydrogen-bond acceptors (Lipinski definition) is 10. The summed E-state index contributed by atoms with van der Waals surface area (Å²) < 4.78 is 11.2. The van der Waals surface area contributed by atoms with Crippen LogP contribution in [0.5, 0.6) is 0 Å². The van der Waals surface area contributed by atoms with Crippen LogP contribution in [0.4, 0.5) is 0 Å². The van der Waals surface area contributed by atoms with Crippen molar-refractivity contribution in [3.05, 3.63) is 24.3 Å². The molecule has 0 aromatic heterocycles. The van der Waals surface area contributed by atoms with Crippen molar-refractivity contribution in [3.8, 4) is 0 Å². The molecule has 1 fully saturated rings. The summed E-state index contributed by atoms with van der Waals surface area (Å²) >= 11 is 0. The zero-order valence-corrected chi connectivity index (χ0v) is 54.5. The molecule has 1 heterocycles. The Kier molecular flexibility index (Phi) is 58.4. The number of allylic oxidation sites excluding steroid dienone is 4. The molecule has 1 aliphatic rings. The number of carbonyl (C=O) groups is 1. The molecule has 1 aliphatic heterocycles. The molecule has 0 radical (unpaired) electrons. The van der Waals surface area contributed by atoms with E-state index in [0.717, 1.165) is 38.5 Å². The van der Waals surface area contributed by atoms with Gasteiger partial charge in [0.2, 0.25) is 5.91 Å². The number of rotatable bonds is 64. The number of aliphatic hydroxyl groups excluding tert-OH is 7. The van der Waals surface area contributed by atoms with Gasteiger partial charge < -0.3 is 50.5 Å². The molecular weight excluding hydrogens is 1040 g/mol. The summed E-state index contributed by atoms with van der Waals surface area (Å²) in [6, 6.07) is -1.19. The van der Waals surface area contributed by atoms with Gasteiger partial charge in [-0.15, -0.1) is 0 Å². The standard InChI is InChI=1S/C72H139NO10/c1-3-5-7-9-11-13-15-17-19-21-23-25-26-27-28-29-30-31-32-33-34-35-36-37-38-39-40-42-44-46-48-50-52-54-56-58-60-65(76)71(81)73-63(62-82-72-70(80)69(79)68(78)66(61-74)83-72)67(77)64(75)59-57-55-53-51-49-47-45-43-41-24-22-20-18-16-14-12-10-8-6-4-2/h43,45,51,53,63-70,72,74-80H,3-42,44,46-50,52,54-62H2,1-2H3,(H,73,81)/b45-43+,53-51+. The number of hydrogen-bond donors (Lipinski definition) is 8. The minimum Gasteiger partial charge on any atom is -0.394 e. The lowest BCUT2D eigenvalue weighted by atomic mass is 9.98. The van der Waals surface area contributed by atoms with E-state index in [4.69, 9.17) is 9.47 Å². The van der Waals surface area contributed by atoms with E-state index >= 15 is 0 Å². The van der Waals surface area contributed by atoms with E-state index in [2.05, 4.69) is 43.5 Å². The van der Waals surface area contributed by atoms with Gasteiger partial charge in [-0.1, -0.05) is 334 Å². The number of amides is 1. The fourth-order valence-electron chi connectivity index (χ4n) is 11.9. The lowest BCUT2D eigenvalue weighted by Gasteiger charge is -2.40. The predicted octanol–water partition coefficient (Wildman–Crippen LogP) is 17.6. The normalized spacial score (nSPS) is 19.1. The van der Waals surface area contributed by atoms with Crippen LogP contribution in [0.2, 0.25) is 0 Å². The molecule has 1 saturated heterocycles. The molecule has 0 aromatic rings. The molecular formula is C72H139NO10. The average molecular weight is 1180 g/mol. The second-order valence-electron chi connectivity index (χ2n) is 25.7. The summed E-state index contributed by atoms with van der Waals surface area (Å²) in [4.78, 5) is 13.2. The number of carbonyl (C=O) groups excluding carboxylic acids is 1. The highest BCUT2D eigenvalue weighted by Gasteiger charge is 2.44. The van der Waals surface area contributed by atoms with Crippen LogP contribution in [-0.4, -0.2) is 110 Å². The van der Waals surface area contributed by atoms with Crippen LogP contribution in [0, 0.1) is 0 Å². The molecule has 0 spiro atoms. The van der Waals surface area contributed by atoms with Crippen LogP contribution >= 0.6 is 0 Å². The van der Waals surface area contributed by atoms with Crippen LogP contribution in [0.3, 0.4) is 0 Å². The molecule has 83 heavy (non-hydrogen) atoms. The Balaban J connectivity index is 2.14. The molecule has 9 atom stereocenters. The second-order valence-corrected chi connectivity index (χ2v) is 25.7. The highest BCUT2D eigenvalue weighted by molar-refractivity contribution is 5.80. The Bertz CT molecular complexity index is 1400. The Morgan fingerprint density at radius 3 is 1.07 bits per heavy atom. The summed E-state index contributed by atoms with van der Waals surface area (Å²) in [7, 11) is 0. The molecule has 1 rings (SSSR count). The first-order valence-electron chi connectivity index (χ1n) is 36.2. The van der Waals surface area contributed by atoms with E-state index in [1.807, 2.05) is 0 Å². The molecule has 0 saturated carbocycles. The van der Waals surface area contributed by atoms with Gasteiger partial charge in [-0.2, -0.15) is 0 Å². The summed E-state index contributed by atoms with van der Waals surface area (Å²) in [6.45, 7) is 3.49. The van der Waals surface area contributed by atoms with Crippen molar-refractivity contribution in [2.45, 2.75) is 416 Å². The number of unbranched alkanes of at least 4 members (excludes halogenated alkanes) is 48. The maximum Gasteiger partial charge on any atom is 0.249 e. The zero-order chi connectivity index (χ0) is 60.3. The van der Waals surface area contributed by atoms with E-state index in [9.17, 15) is 40.5 Å². The van der Waals surface area contributed by atoms with Crippen molar-refractivity contribution < 1.29 is 50.0 Å². The third-order valence-corrected chi connectivity index (χ3v) is 17.7. The molecule has 11 heteroatoms. The minimum atomic E-state index is -1.67. The van der Waals surface area contributed by atoms with Crippen molar-refractivity contribution in [2.24, 2.45) is 0 Å². The van der Waals surface area contributed by atoms with Crippen molar-refractivity contribution in [1.29, 1.82) is 0 Å². The first-order valence-corrected chi connectivity index (χ1v) is 36.2. The Labute approximate surface area is 512 Å². The average Bonchev–Trinajstić information content (AvgIpc) is 3.68. The van der Waals surface area contributed by atoms with Crippen LogP contribution in [0.15, 0.2) is 24.3 Å². The fourth-order valence-corrected chi connectivity index (χ4v) is 11.9. The van der Waals surface area contributed by atoms with Gasteiger partial charge >= 0.3 is 0 Å². The molecule has 492 valence electrons. The lowest BCUT2D eigenvalue weighted by molar-refractivity contribution is -0.303. The van der Waals surface area contributed by atoms with E-state index in [-0.39, 0.29) is 12.8 Å². The Hall–Kier alpha value is -1.41. The van der Waals surface area contributed by atoms with Gasteiger partial charge in [-0.3, -0.25) is 4.79 Å². The topological polar surface area (TPSA) is 189 Å².